The summed E-state index contributed by atoms with van der Waals surface area (Å²) in [6, 6.07) is 0. The second kappa shape index (κ2) is 5.33. The number of halogens is 5. The van der Waals surface area contributed by atoms with Gasteiger partial charge in [-0.2, -0.15) is 0 Å². The van der Waals surface area contributed by atoms with E-state index in [2.05, 4.69) is 0 Å². The van der Waals surface area contributed by atoms with Crippen LogP contribution in [0.5, 0.6) is 0 Å². The summed E-state index contributed by atoms with van der Waals surface area (Å²) in [4.78, 5) is 0. The van der Waals surface area contributed by atoms with Gasteiger partial charge in [0.2, 0.25) is 0 Å². The standard InChI is InChI=1S/C15H21ClF4/c16-10-4-1-8(2-5-10)11-7-9-3-6-12(17)14(18)13(9)15(11,19)20/h8-14H,1-7H2. The Morgan fingerprint density at radius 2 is 1.45 bits per heavy atom. The lowest BCUT2D eigenvalue weighted by Gasteiger charge is -2.37. The van der Waals surface area contributed by atoms with Gasteiger partial charge in [-0.25, -0.2) is 17.6 Å². The first-order valence-corrected chi connectivity index (χ1v) is 8.15. The van der Waals surface area contributed by atoms with Crippen molar-refractivity contribution in [2.75, 3.05) is 0 Å². The van der Waals surface area contributed by atoms with Crippen molar-refractivity contribution in [3.05, 3.63) is 0 Å². The van der Waals surface area contributed by atoms with Crippen molar-refractivity contribution in [1.29, 1.82) is 0 Å². The molecule has 3 fully saturated rings. The van der Waals surface area contributed by atoms with Crippen LogP contribution in [0.15, 0.2) is 0 Å². The molecule has 20 heavy (non-hydrogen) atoms. The van der Waals surface area contributed by atoms with E-state index in [1.165, 1.54) is 0 Å². The van der Waals surface area contributed by atoms with Gasteiger partial charge in [0.25, 0.3) is 5.92 Å². The average molecular weight is 313 g/mol. The van der Waals surface area contributed by atoms with Crippen LogP contribution in [-0.4, -0.2) is 23.6 Å². The first-order chi connectivity index (χ1) is 9.41. The van der Waals surface area contributed by atoms with Gasteiger partial charge < -0.3 is 0 Å². The van der Waals surface area contributed by atoms with E-state index >= 15 is 0 Å². The zero-order valence-corrected chi connectivity index (χ0v) is 12.1. The molecule has 0 nitrogen and oxygen atoms in total. The fraction of sp³-hybridized carbons (Fsp3) is 1.00. The smallest absolute Gasteiger partial charge is 0.244 e. The summed E-state index contributed by atoms with van der Waals surface area (Å²) >= 11 is 6.03. The summed E-state index contributed by atoms with van der Waals surface area (Å²) in [7, 11) is 0. The van der Waals surface area contributed by atoms with Crippen molar-refractivity contribution >= 4 is 11.6 Å². The van der Waals surface area contributed by atoms with Crippen LogP contribution in [0.4, 0.5) is 17.6 Å². The molecule has 0 aromatic rings. The molecule has 5 unspecified atom stereocenters. The molecular weight excluding hydrogens is 292 g/mol. The molecule has 0 N–H and O–H groups in total. The van der Waals surface area contributed by atoms with Crippen molar-refractivity contribution in [3.63, 3.8) is 0 Å². The van der Waals surface area contributed by atoms with Crippen LogP contribution >= 0.6 is 11.6 Å². The van der Waals surface area contributed by atoms with Gasteiger partial charge in [-0.05, 0) is 56.8 Å². The van der Waals surface area contributed by atoms with Crippen molar-refractivity contribution in [2.24, 2.45) is 23.7 Å². The molecule has 5 heteroatoms. The quantitative estimate of drug-likeness (QED) is 0.464. The summed E-state index contributed by atoms with van der Waals surface area (Å²) in [6.45, 7) is 0. The number of hydrogen-bond donors (Lipinski definition) is 0. The van der Waals surface area contributed by atoms with Crippen molar-refractivity contribution in [3.8, 4) is 0 Å². The Morgan fingerprint density at radius 1 is 0.850 bits per heavy atom. The predicted molar refractivity (Wildman–Crippen MR) is 70.7 cm³/mol. The summed E-state index contributed by atoms with van der Waals surface area (Å²) in [6.07, 6.45) is 0.0918. The molecule has 0 radical (unpaired) electrons. The molecule has 0 spiro atoms. The number of alkyl halides is 5. The SMILES string of the molecule is FC1CCC2CC(C3CCC(Cl)CC3)C(F)(F)C2C1F. The van der Waals surface area contributed by atoms with Gasteiger partial charge in [-0.1, -0.05) is 0 Å². The zero-order valence-electron chi connectivity index (χ0n) is 11.4. The minimum Gasteiger partial charge on any atom is -0.244 e. The van der Waals surface area contributed by atoms with Crippen LogP contribution in [-0.2, 0) is 0 Å². The maximum absolute atomic E-state index is 14.6. The van der Waals surface area contributed by atoms with Gasteiger partial charge >= 0.3 is 0 Å². The number of fused-ring (bicyclic) bond motifs is 1. The largest absolute Gasteiger partial charge is 0.257 e. The van der Waals surface area contributed by atoms with Gasteiger partial charge in [0.1, 0.15) is 12.3 Å². The topological polar surface area (TPSA) is 0 Å². The molecule has 3 aliphatic carbocycles. The van der Waals surface area contributed by atoms with Crippen LogP contribution in [0.1, 0.15) is 44.9 Å². The first kappa shape index (κ1) is 14.9. The second-order valence-electron chi connectivity index (χ2n) is 6.85. The Bertz CT molecular complexity index is 354. The molecule has 3 aliphatic rings. The lowest BCUT2D eigenvalue weighted by Crippen LogP contribution is -2.45. The van der Waals surface area contributed by atoms with E-state index in [4.69, 9.17) is 11.6 Å². The molecule has 0 heterocycles. The van der Waals surface area contributed by atoms with E-state index in [-0.39, 0.29) is 23.6 Å². The highest BCUT2D eigenvalue weighted by atomic mass is 35.5. The normalized spacial score (nSPS) is 51.8. The lowest BCUT2D eigenvalue weighted by atomic mass is 9.76. The molecule has 3 saturated carbocycles. The highest BCUT2D eigenvalue weighted by Gasteiger charge is 2.64. The Kier molecular flexibility index (Phi) is 3.98. The lowest BCUT2D eigenvalue weighted by molar-refractivity contribution is -0.138. The zero-order chi connectivity index (χ0) is 14.5. The van der Waals surface area contributed by atoms with E-state index in [1.807, 2.05) is 0 Å². The Morgan fingerprint density at radius 3 is 2.10 bits per heavy atom. The first-order valence-electron chi connectivity index (χ1n) is 7.71. The Balaban J connectivity index is 1.77. The predicted octanol–water partition coefficient (Wildman–Crippen LogP) is 5.14. The third kappa shape index (κ3) is 2.36. The third-order valence-corrected chi connectivity index (χ3v) is 6.21. The van der Waals surface area contributed by atoms with Crippen LogP contribution in [0, 0.1) is 23.7 Å². The molecule has 3 rings (SSSR count). The summed E-state index contributed by atoms with van der Waals surface area (Å²) in [5, 5.41) is 0.0905. The maximum atomic E-state index is 14.6. The molecule has 116 valence electrons. The monoisotopic (exact) mass is 312 g/mol. The highest BCUT2D eigenvalue weighted by molar-refractivity contribution is 6.20. The highest BCUT2D eigenvalue weighted by Crippen LogP contribution is 2.59. The van der Waals surface area contributed by atoms with Gasteiger partial charge in [0.05, 0.1) is 5.92 Å². The molecule has 0 amide bonds. The molecule has 0 aromatic carbocycles. The summed E-state index contributed by atoms with van der Waals surface area (Å²) in [5.74, 6) is -5.64. The molecular formula is C15H21ClF4. The van der Waals surface area contributed by atoms with E-state index in [0.717, 1.165) is 12.8 Å². The fourth-order valence-corrected chi connectivity index (χ4v) is 4.96. The minimum atomic E-state index is -3.06. The number of rotatable bonds is 1. The van der Waals surface area contributed by atoms with Gasteiger partial charge in [0.15, 0.2) is 0 Å². The van der Waals surface area contributed by atoms with Crippen molar-refractivity contribution < 1.29 is 17.6 Å². The molecule has 0 saturated heterocycles. The molecule has 0 bridgehead atoms. The van der Waals surface area contributed by atoms with Crippen LogP contribution in [0.2, 0.25) is 0 Å². The van der Waals surface area contributed by atoms with Gasteiger partial charge in [-0.3, -0.25) is 0 Å². The van der Waals surface area contributed by atoms with E-state index < -0.39 is 30.1 Å². The Labute approximate surface area is 122 Å². The van der Waals surface area contributed by atoms with Crippen LogP contribution < -0.4 is 0 Å². The molecule has 5 atom stereocenters. The maximum Gasteiger partial charge on any atom is 0.257 e. The molecule has 0 aliphatic heterocycles. The van der Waals surface area contributed by atoms with E-state index in [1.54, 1.807) is 0 Å². The van der Waals surface area contributed by atoms with Gasteiger partial charge in [-0.15, -0.1) is 11.6 Å². The van der Waals surface area contributed by atoms with Gasteiger partial charge in [0, 0.05) is 11.3 Å². The second-order valence-corrected chi connectivity index (χ2v) is 7.47. The fourth-order valence-electron chi connectivity index (χ4n) is 4.71. The van der Waals surface area contributed by atoms with E-state index in [0.29, 0.717) is 25.7 Å². The Hall–Kier alpha value is 0.01000. The third-order valence-electron chi connectivity index (χ3n) is 5.78. The van der Waals surface area contributed by atoms with Crippen LogP contribution in [0.3, 0.4) is 0 Å². The minimum absolute atomic E-state index is 0.0733. The van der Waals surface area contributed by atoms with Crippen molar-refractivity contribution in [1.82, 2.24) is 0 Å². The molecule has 0 aromatic heterocycles. The van der Waals surface area contributed by atoms with Crippen molar-refractivity contribution in [2.45, 2.75) is 68.6 Å². The average Bonchev–Trinajstić information content (AvgIpc) is 2.67. The number of hydrogen-bond acceptors (Lipinski definition) is 0. The summed E-state index contributed by atoms with van der Waals surface area (Å²) in [5.41, 5.74) is 0. The van der Waals surface area contributed by atoms with Crippen LogP contribution in [0.25, 0.3) is 0 Å². The summed E-state index contributed by atoms with van der Waals surface area (Å²) < 4.78 is 56.6. The van der Waals surface area contributed by atoms with E-state index in [9.17, 15) is 17.6 Å².